The molecule has 6 nitrogen and oxygen atoms in total. The average molecular weight is 263 g/mol. The molecule has 0 fully saturated rings. The van der Waals surface area contributed by atoms with Crippen LogP contribution in [-0.2, 0) is 0 Å². The molecule has 0 aliphatic carbocycles. The number of nitrogens with one attached hydrogen (secondary N) is 2. The van der Waals surface area contributed by atoms with Crippen LogP contribution in [0.3, 0.4) is 0 Å². The number of aromatic amines is 2. The fraction of sp³-hybridized carbons (Fsp3) is 0. The minimum atomic E-state index is -0.575. The van der Waals surface area contributed by atoms with Crippen LogP contribution in [0.15, 0.2) is 40.2 Å². The Morgan fingerprint density at radius 1 is 1.11 bits per heavy atom. The van der Waals surface area contributed by atoms with Crippen molar-refractivity contribution < 1.29 is 0 Å². The van der Waals surface area contributed by atoms with Crippen molar-refractivity contribution in [1.82, 2.24) is 19.5 Å². The van der Waals surface area contributed by atoms with Crippen molar-refractivity contribution in [2.45, 2.75) is 0 Å². The molecule has 2 heterocycles. The van der Waals surface area contributed by atoms with E-state index in [0.717, 1.165) is 5.69 Å². The third-order valence-electron chi connectivity index (χ3n) is 2.55. The van der Waals surface area contributed by atoms with Gasteiger partial charge in [-0.2, -0.15) is 0 Å². The summed E-state index contributed by atoms with van der Waals surface area (Å²) in [5.74, 6) is 0. The van der Waals surface area contributed by atoms with Gasteiger partial charge in [0.2, 0.25) is 0 Å². The number of rotatable bonds is 1. The number of aromatic nitrogens is 4. The van der Waals surface area contributed by atoms with E-state index in [1.54, 1.807) is 28.8 Å². The molecular formula is C11H7ClN4O2. The maximum Gasteiger partial charge on any atom is 0.327 e. The Hall–Kier alpha value is -2.34. The van der Waals surface area contributed by atoms with Crippen molar-refractivity contribution in [3.8, 4) is 5.69 Å². The largest absolute Gasteiger partial charge is 0.327 e. The van der Waals surface area contributed by atoms with Crippen molar-refractivity contribution in [1.29, 1.82) is 0 Å². The second-order valence-electron chi connectivity index (χ2n) is 3.70. The van der Waals surface area contributed by atoms with Crippen molar-refractivity contribution in [2.24, 2.45) is 0 Å². The molecule has 0 amide bonds. The zero-order chi connectivity index (χ0) is 12.7. The van der Waals surface area contributed by atoms with Gasteiger partial charge in [0.25, 0.3) is 5.56 Å². The Morgan fingerprint density at radius 3 is 2.56 bits per heavy atom. The van der Waals surface area contributed by atoms with Crippen molar-refractivity contribution in [2.75, 3.05) is 0 Å². The van der Waals surface area contributed by atoms with E-state index >= 15 is 0 Å². The molecule has 3 aromatic rings. The van der Waals surface area contributed by atoms with Crippen molar-refractivity contribution in [3.05, 3.63) is 56.5 Å². The highest BCUT2D eigenvalue weighted by Crippen LogP contribution is 2.15. The quantitative estimate of drug-likeness (QED) is 0.688. The summed E-state index contributed by atoms with van der Waals surface area (Å²) >= 11 is 5.80. The highest BCUT2D eigenvalue weighted by Gasteiger charge is 2.09. The Labute approximate surface area is 105 Å². The zero-order valence-electron chi connectivity index (χ0n) is 8.98. The molecule has 0 radical (unpaired) electrons. The standard InChI is InChI=1S/C11H7ClN4O2/c12-6-1-3-7(4-2-6)16-5-13-9-8(16)10(17)15-11(18)14-9/h1-5H,(H2,14,15,17,18). The van der Waals surface area contributed by atoms with Gasteiger partial charge in [0, 0.05) is 10.7 Å². The van der Waals surface area contributed by atoms with Crippen molar-refractivity contribution >= 4 is 22.8 Å². The number of imidazole rings is 1. The number of nitrogens with zero attached hydrogens (tertiary/aromatic N) is 2. The Bertz CT molecular complexity index is 829. The molecule has 0 saturated heterocycles. The van der Waals surface area contributed by atoms with Crippen LogP contribution < -0.4 is 11.2 Å². The fourth-order valence-electron chi connectivity index (χ4n) is 1.76. The maximum absolute atomic E-state index is 11.8. The third-order valence-corrected chi connectivity index (χ3v) is 2.80. The lowest BCUT2D eigenvalue weighted by Gasteiger charge is -2.02. The summed E-state index contributed by atoms with van der Waals surface area (Å²) in [6, 6.07) is 6.94. The molecule has 0 bridgehead atoms. The van der Waals surface area contributed by atoms with Crippen LogP contribution in [0.5, 0.6) is 0 Å². The number of benzene rings is 1. The number of fused-ring (bicyclic) bond motifs is 1. The minimum absolute atomic E-state index is 0.249. The monoisotopic (exact) mass is 262 g/mol. The minimum Gasteiger partial charge on any atom is -0.293 e. The van der Waals surface area contributed by atoms with E-state index < -0.39 is 11.2 Å². The van der Waals surface area contributed by atoms with Gasteiger partial charge < -0.3 is 0 Å². The summed E-state index contributed by atoms with van der Waals surface area (Å²) in [7, 11) is 0. The Balaban J connectivity index is 2.34. The maximum atomic E-state index is 11.8. The molecule has 90 valence electrons. The molecule has 0 unspecified atom stereocenters. The summed E-state index contributed by atoms with van der Waals surface area (Å²) in [5, 5.41) is 0.602. The van der Waals surface area contributed by atoms with E-state index in [-0.39, 0.29) is 11.2 Å². The predicted molar refractivity (Wildman–Crippen MR) is 67.3 cm³/mol. The second kappa shape index (κ2) is 3.85. The first-order valence-electron chi connectivity index (χ1n) is 5.11. The van der Waals surface area contributed by atoms with Gasteiger partial charge in [0.05, 0.1) is 0 Å². The van der Waals surface area contributed by atoms with Crippen LogP contribution in [0.2, 0.25) is 5.02 Å². The van der Waals surface area contributed by atoms with E-state index in [0.29, 0.717) is 5.02 Å². The van der Waals surface area contributed by atoms with Gasteiger partial charge in [0.15, 0.2) is 11.2 Å². The van der Waals surface area contributed by atoms with Gasteiger partial charge in [-0.3, -0.25) is 19.3 Å². The lowest BCUT2D eigenvalue weighted by Crippen LogP contribution is -2.23. The summed E-state index contributed by atoms with van der Waals surface area (Å²) in [6.07, 6.45) is 1.47. The van der Waals surface area contributed by atoms with Crippen LogP contribution in [0.4, 0.5) is 0 Å². The Morgan fingerprint density at radius 2 is 1.83 bits per heavy atom. The van der Waals surface area contributed by atoms with Gasteiger partial charge in [-0.25, -0.2) is 9.78 Å². The van der Waals surface area contributed by atoms with Crippen LogP contribution in [0, 0.1) is 0 Å². The normalized spacial score (nSPS) is 10.9. The lowest BCUT2D eigenvalue weighted by molar-refractivity contribution is 1.04. The van der Waals surface area contributed by atoms with Crippen LogP contribution in [0.1, 0.15) is 0 Å². The first-order valence-corrected chi connectivity index (χ1v) is 5.48. The summed E-state index contributed by atoms with van der Waals surface area (Å²) in [5.41, 5.74) is 0.213. The molecule has 1 aromatic carbocycles. The van der Waals surface area contributed by atoms with Crippen LogP contribution >= 0.6 is 11.6 Å². The Kier molecular flexibility index (Phi) is 2.31. The second-order valence-corrected chi connectivity index (χ2v) is 4.13. The molecule has 0 spiro atoms. The smallest absolute Gasteiger partial charge is 0.293 e. The van der Waals surface area contributed by atoms with E-state index in [4.69, 9.17) is 11.6 Å². The lowest BCUT2D eigenvalue weighted by atomic mass is 10.3. The van der Waals surface area contributed by atoms with Gasteiger partial charge in [-0.1, -0.05) is 11.6 Å². The molecule has 2 N–H and O–H groups in total. The van der Waals surface area contributed by atoms with E-state index in [1.165, 1.54) is 6.33 Å². The van der Waals surface area contributed by atoms with Crippen LogP contribution in [-0.4, -0.2) is 19.5 Å². The van der Waals surface area contributed by atoms with Gasteiger partial charge in [0.1, 0.15) is 6.33 Å². The molecule has 0 aliphatic rings. The highest BCUT2D eigenvalue weighted by atomic mass is 35.5. The molecule has 3 rings (SSSR count). The third kappa shape index (κ3) is 1.63. The number of H-pyrrole nitrogens is 2. The first kappa shape index (κ1) is 10.8. The van der Waals surface area contributed by atoms with Crippen LogP contribution in [0.25, 0.3) is 16.9 Å². The molecule has 0 aliphatic heterocycles. The number of hydrogen-bond donors (Lipinski definition) is 2. The zero-order valence-corrected chi connectivity index (χ0v) is 9.73. The van der Waals surface area contributed by atoms with Gasteiger partial charge in [-0.15, -0.1) is 0 Å². The predicted octanol–water partition coefficient (Wildman–Crippen LogP) is 1.06. The van der Waals surface area contributed by atoms with E-state index in [2.05, 4.69) is 15.0 Å². The molecule has 18 heavy (non-hydrogen) atoms. The molecule has 0 saturated carbocycles. The molecule has 2 aromatic heterocycles. The SMILES string of the molecule is O=c1[nH]c(=O)c2c(ncn2-c2ccc(Cl)cc2)[nH]1. The van der Waals surface area contributed by atoms with E-state index in [9.17, 15) is 9.59 Å². The number of hydrogen-bond acceptors (Lipinski definition) is 3. The number of halogens is 1. The van der Waals surface area contributed by atoms with E-state index in [1.807, 2.05) is 0 Å². The molecule has 7 heteroatoms. The first-order chi connectivity index (χ1) is 8.65. The van der Waals surface area contributed by atoms with Gasteiger partial charge >= 0.3 is 5.69 Å². The fourth-order valence-corrected chi connectivity index (χ4v) is 1.88. The summed E-state index contributed by atoms with van der Waals surface area (Å²) in [6.45, 7) is 0. The summed E-state index contributed by atoms with van der Waals surface area (Å²) in [4.78, 5) is 31.5. The molecule has 0 atom stereocenters. The average Bonchev–Trinajstić information content (AvgIpc) is 2.74. The van der Waals surface area contributed by atoms with Gasteiger partial charge in [-0.05, 0) is 24.3 Å². The highest BCUT2D eigenvalue weighted by molar-refractivity contribution is 6.30. The summed E-state index contributed by atoms with van der Waals surface area (Å²) < 4.78 is 1.58. The van der Waals surface area contributed by atoms with Crippen molar-refractivity contribution in [3.63, 3.8) is 0 Å². The topological polar surface area (TPSA) is 83.5 Å². The molecular weight excluding hydrogens is 256 g/mol.